The fraction of sp³-hybridized carbons (Fsp3) is 0.696. The number of nitrogens with zero attached hydrogens (tertiary/aromatic N) is 2. The van der Waals surface area contributed by atoms with Gasteiger partial charge >= 0.3 is 6.03 Å². The highest BCUT2D eigenvalue weighted by molar-refractivity contribution is 7.92. The highest BCUT2D eigenvalue weighted by Crippen LogP contribution is 2.20. The summed E-state index contributed by atoms with van der Waals surface area (Å²) in [5.41, 5.74) is 1.65. The average Bonchev–Trinajstić information content (AvgIpc) is 2.76. The number of benzene rings is 1. The van der Waals surface area contributed by atoms with Crippen LogP contribution in [-0.2, 0) is 10.0 Å². The molecule has 0 bridgehead atoms. The maximum atomic E-state index is 12.3. The number of unbranched alkanes of at least 4 members (excludes halogenated alkanes) is 6. The molecule has 0 aromatic heterocycles. The van der Waals surface area contributed by atoms with Gasteiger partial charge in [0, 0.05) is 44.1 Å². The molecule has 0 unspecified atom stereocenters. The normalized spacial score (nSPS) is 14.5. The molecule has 1 aliphatic heterocycles. The molecule has 1 aromatic rings. The van der Waals surface area contributed by atoms with Crippen molar-refractivity contribution >= 4 is 27.4 Å². The summed E-state index contributed by atoms with van der Waals surface area (Å²) in [6, 6.07) is 7.54. The predicted octanol–water partition coefficient (Wildman–Crippen LogP) is 4.42. The largest absolute Gasteiger partial charge is 0.368 e. The molecular formula is C23H40N4O3S. The lowest BCUT2D eigenvalue weighted by Gasteiger charge is -2.36. The molecule has 0 aliphatic carbocycles. The number of hydrogen-bond donors (Lipinski definition) is 2. The van der Waals surface area contributed by atoms with E-state index in [1.807, 2.05) is 29.2 Å². The highest BCUT2D eigenvalue weighted by Gasteiger charge is 2.21. The summed E-state index contributed by atoms with van der Waals surface area (Å²) in [6.07, 6.45) is 8.43. The minimum atomic E-state index is -3.31. The molecule has 176 valence electrons. The molecule has 1 aromatic carbocycles. The SMILES string of the molecule is CCCCCCCCS(=O)(=O)Nc1ccc(N2CCN(C(=O)NCCCC)CC2)cc1. The Labute approximate surface area is 188 Å². The number of carbonyl (C=O) groups is 1. The fourth-order valence-electron chi connectivity index (χ4n) is 3.69. The molecule has 1 aliphatic rings. The van der Waals surface area contributed by atoms with Crippen LogP contribution in [0.4, 0.5) is 16.2 Å². The number of anilines is 2. The van der Waals surface area contributed by atoms with Gasteiger partial charge in [-0.15, -0.1) is 0 Å². The number of amides is 2. The van der Waals surface area contributed by atoms with Gasteiger partial charge in [-0.2, -0.15) is 0 Å². The van der Waals surface area contributed by atoms with Crippen molar-refractivity contribution in [3.05, 3.63) is 24.3 Å². The van der Waals surface area contributed by atoms with Crippen molar-refractivity contribution in [2.45, 2.75) is 65.2 Å². The minimum absolute atomic E-state index is 0.0169. The lowest BCUT2D eigenvalue weighted by Crippen LogP contribution is -2.52. The smallest absolute Gasteiger partial charge is 0.317 e. The van der Waals surface area contributed by atoms with Gasteiger partial charge in [-0.1, -0.05) is 52.4 Å². The monoisotopic (exact) mass is 452 g/mol. The first-order valence-corrected chi connectivity index (χ1v) is 13.5. The van der Waals surface area contributed by atoms with Crippen molar-refractivity contribution in [2.75, 3.05) is 48.1 Å². The summed E-state index contributed by atoms with van der Waals surface area (Å²) >= 11 is 0. The summed E-state index contributed by atoms with van der Waals surface area (Å²) < 4.78 is 27.3. The first-order valence-electron chi connectivity index (χ1n) is 11.8. The maximum Gasteiger partial charge on any atom is 0.317 e. The fourth-order valence-corrected chi connectivity index (χ4v) is 4.88. The van der Waals surface area contributed by atoms with E-state index in [1.165, 1.54) is 19.3 Å². The Morgan fingerprint density at radius 1 is 0.871 bits per heavy atom. The van der Waals surface area contributed by atoms with E-state index >= 15 is 0 Å². The van der Waals surface area contributed by atoms with Crippen molar-refractivity contribution < 1.29 is 13.2 Å². The van der Waals surface area contributed by atoms with E-state index in [1.54, 1.807) is 0 Å². The second kappa shape index (κ2) is 13.5. The van der Waals surface area contributed by atoms with Crippen molar-refractivity contribution in [3.8, 4) is 0 Å². The van der Waals surface area contributed by atoms with Crippen LogP contribution >= 0.6 is 0 Å². The van der Waals surface area contributed by atoms with Crippen LogP contribution in [0, 0.1) is 0 Å². The van der Waals surface area contributed by atoms with Crippen LogP contribution in [0.15, 0.2) is 24.3 Å². The van der Waals surface area contributed by atoms with Gasteiger partial charge in [-0.05, 0) is 37.1 Å². The third-order valence-electron chi connectivity index (χ3n) is 5.65. The minimum Gasteiger partial charge on any atom is -0.368 e. The summed E-state index contributed by atoms with van der Waals surface area (Å²) in [6.45, 7) is 7.92. The molecule has 1 saturated heterocycles. The first-order chi connectivity index (χ1) is 14.9. The van der Waals surface area contributed by atoms with E-state index in [0.717, 1.165) is 51.0 Å². The van der Waals surface area contributed by atoms with Crippen molar-refractivity contribution in [1.29, 1.82) is 0 Å². The van der Waals surface area contributed by atoms with Gasteiger partial charge in [-0.3, -0.25) is 4.72 Å². The maximum absolute atomic E-state index is 12.3. The summed E-state index contributed by atoms with van der Waals surface area (Å²) in [5, 5.41) is 2.97. The standard InChI is InChI=1S/C23H40N4O3S/c1-3-5-7-8-9-10-20-31(29,30)25-21-11-13-22(14-12-21)26-16-18-27(19-17-26)23(28)24-15-6-4-2/h11-14,25H,3-10,15-20H2,1-2H3,(H,24,28). The van der Waals surface area contributed by atoms with E-state index in [9.17, 15) is 13.2 Å². The number of carbonyl (C=O) groups excluding carboxylic acids is 1. The topological polar surface area (TPSA) is 81.8 Å². The zero-order valence-electron chi connectivity index (χ0n) is 19.2. The molecule has 2 amide bonds. The molecule has 1 fully saturated rings. The molecule has 0 atom stereocenters. The van der Waals surface area contributed by atoms with Crippen molar-refractivity contribution in [3.63, 3.8) is 0 Å². The highest BCUT2D eigenvalue weighted by atomic mass is 32.2. The van der Waals surface area contributed by atoms with Crippen molar-refractivity contribution in [1.82, 2.24) is 10.2 Å². The van der Waals surface area contributed by atoms with E-state index < -0.39 is 10.0 Å². The Morgan fingerprint density at radius 3 is 2.13 bits per heavy atom. The molecule has 0 radical (unpaired) electrons. The summed E-state index contributed by atoms with van der Waals surface area (Å²) in [5.74, 6) is 0.170. The number of nitrogens with one attached hydrogen (secondary N) is 2. The number of urea groups is 1. The number of sulfonamides is 1. The van der Waals surface area contributed by atoms with Gasteiger partial charge in [0.2, 0.25) is 10.0 Å². The second-order valence-corrected chi connectivity index (χ2v) is 10.1. The summed E-state index contributed by atoms with van der Waals surface area (Å²) in [4.78, 5) is 16.3. The predicted molar refractivity (Wildman–Crippen MR) is 129 cm³/mol. The zero-order chi connectivity index (χ0) is 22.5. The van der Waals surface area contributed by atoms with Crippen molar-refractivity contribution in [2.24, 2.45) is 0 Å². The number of rotatable bonds is 13. The zero-order valence-corrected chi connectivity index (χ0v) is 20.1. The molecule has 1 heterocycles. The Morgan fingerprint density at radius 2 is 1.48 bits per heavy atom. The number of piperazine rings is 1. The van der Waals surface area contributed by atoms with Crippen LogP contribution in [0.25, 0.3) is 0 Å². The van der Waals surface area contributed by atoms with Gasteiger partial charge in [-0.25, -0.2) is 13.2 Å². The Bertz CT molecular complexity index is 745. The second-order valence-electron chi connectivity index (χ2n) is 8.30. The van der Waals surface area contributed by atoms with Crippen LogP contribution < -0.4 is 14.9 Å². The summed E-state index contributed by atoms with van der Waals surface area (Å²) in [7, 11) is -3.31. The molecule has 0 spiro atoms. The molecule has 8 heteroatoms. The molecule has 7 nitrogen and oxygen atoms in total. The molecule has 2 rings (SSSR count). The van der Waals surface area contributed by atoms with Gasteiger partial charge < -0.3 is 15.1 Å². The van der Waals surface area contributed by atoms with Crippen LogP contribution in [0.1, 0.15) is 65.2 Å². The van der Waals surface area contributed by atoms with Gasteiger partial charge in [0.15, 0.2) is 0 Å². The van der Waals surface area contributed by atoms with Crippen LogP contribution in [-0.4, -0.2) is 57.8 Å². The number of hydrogen-bond acceptors (Lipinski definition) is 4. The molecule has 31 heavy (non-hydrogen) atoms. The van der Waals surface area contributed by atoms with Gasteiger partial charge in [0.05, 0.1) is 5.75 Å². The van der Waals surface area contributed by atoms with Crippen LogP contribution in [0.3, 0.4) is 0 Å². The Balaban J connectivity index is 1.74. The van der Waals surface area contributed by atoms with E-state index in [-0.39, 0.29) is 11.8 Å². The third-order valence-corrected chi connectivity index (χ3v) is 7.02. The molecule has 0 saturated carbocycles. The van der Waals surface area contributed by atoms with Crippen LogP contribution in [0.2, 0.25) is 0 Å². The van der Waals surface area contributed by atoms with Crippen LogP contribution in [0.5, 0.6) is 0 Å². The molecule has 2 N–H and O–H groups in total. The lowest BCUT2D eigenvalue weighted by atomic mass is 10.1. The van der Waals surface area contributed by atoms with E-state index in [4.69, 9.17) is 0 Å². The van der Waals surface area contributed by atoms with E-state index in [2.05, 4.69) is 28.8 Å². The van der Waals surface area contributed by atoms with E-state index in [0.29, 0.717) is 25.2 Å². The quantitative estimate of drug-likeness (QED) is 0.434. The molecular weight excluding hydrogens is 412 g/mol. The third kappa shape index (κ3) is 9.37. The van der Waals surface area contributed by atoms with Gasteiger partial charge in [0.25, 0.3) is 0 Å². The first kappa shape index (κ1) is 25.3. The lowest BCUT2D eigenvalue weighted by molar-refractivity contribution is 0.194. The van der Waals surface area contributed by atoms with Gasteiger partial charge in [0.1, 0.15) is 0 Å². The Kier molecular flexibility index (Phi) is 11.0. The Hall–Kier alpha value is -1.96. The average molecular weight is 453 g/mol.